The summed E-state index contributed by atoms with van der Waals surface area (Å²) in [4.78, 5) is 98.2. The second-order valence-electron chi connectivity index (χ2n) is 25.6. The Hall–Kier alpha value is -5.83. The standard InChI is InChI=1S/C55H85N7O18/c1-50(2,3)77-46(68)58-33-21-20-30(27-56-23-17-24-62-42(65)31-18-15-16-19-32(31)43(62)66)75-39(33)36-34(59-47(69)78-51(4,5)6)26-35(57-45(67)55(73)22-25-61(28-55)49(71)80-53(10,11)12)40(37(36)63)76-44-38(64)41(54(13,72)29-74-44)60(14)48(70)79-52(7,8)9/h15-16,18-20,33-41,44,56,63-64,72-73H,17,21-29H2,1-14H3,(H,57,67)(H,58,68)(H,59,69)/t33-,34+,35-,36?,37+,38-,39+,40+,41-,44-,54+,55?/m1/s1. The summed E-state index contributed by atoms with van der Waals surface area (Å²) < 4.78 is 41.8. The fraction of sp³-hybridized carbons (Fsp3) is 0.727. The second-order valence-corrected chi connectivity index (χ2v) is 25.6. The number of carbonyl (C=O) groups excluding carboxylic acids is 7. The molecule has 4 heterocycles. The molecule has 12 atom stereocenters. The van der Waals surface area contributed by atoms with Crippen molar-refractivity contribution >= 4 is 42.1 Å². The number of fused-ring (bicyclic) bond motifs is 1. The lowest BCUT2D eigenvalue weighted by atomic mass is 9.72. The van der Waals surface area contributed by atoms with Crippen molar-refractivity contribution in [2.24, 2.45) is 5.92 Å². The topological polar surface area (TPSA) is 323 Å². The van der Waals surface area contributed by atoms with Crippen molar-refractivity contribution in [2.75, 3.05) is 46.4 Å². The van der Waals surface area contributed by atoms with Crippen LogP contribution in [-0.2, 0) is 38.0 Å². The molecule has 6 rings (SSSR count). The van der Waals surface area contributed by atoms with Crippen molar-refractivity contribution in [1.82, 2.24) is 36.0 Å². The van der Waals surface area contributed by atoms with Crippen LogP contribution in [0.3, 0.4) is 0 Å². The Morgan fingerprint density at radius 2 is 1.34 bits per heavy atom. The number of aliphatic hydroxyl groups is 4. The van der Waals surface area contributed by atoms with Crippen molar-refractivity contribution < 1.29 is 87.1 Å². The number of β-amino-alcohol motifs (C(OH)–C–C–N with tert-alkyl or cyclic N) is 1. The Labute approximate surface area is 467 Å². The number of carbonyl (C=O) groups is 7. The van der Waals surface area contributed by atoms with Crippen LogP contribution >= 0.6 is 0 Å². The van der Waals surface area contributed by atoms with Gasteiger partial charge in [0.25, 0.3) is 17.7 Å². The summed E-state index contributed by atoms with van der Waals surface area (Å²) in [6.45, 7) is 20.7. The zero-order chi connectivity index (χ0) is 59.7. The molecular formula is C55H85N7O18. The SMILES string of the molecule is CN(C(=O)OC(C)(C)C)[C@@H]1[C@@H](O)[C@@H](O[C@H]2[C@H](NC(=O)C3(O)CCN(C(=O)OC(C)(C)C)C3)C[C@H](NC(=O)OC(C)(C)C)C([C@H]3OC(CNCCCN4C(=O)c5ccccc5C4=O)=CC[C@H]3NC(=O)OC(C)(C)C)[C@@H]2O)OC[C@]1(C)O. The van der Waals surface area contributed by atoms with Crippen LogP contribution in [0.4, 0.5) is 19.2 Å². The van der Waals surface area contributed by atoms with Crippen LogP contribution in [0.15, 0.2) is 36.1 Å². The molecule has 1 aliphatic carbocycles. The zero-order valence-corrected chi connectivity index (χ0v) is 48.6. The van der Waals surface area contributed by atoms with Gasteiger partial charge in [0.2, 0.25) is 0 Å². The van der Waals surface area contributed by atoms with Crippen LogP contribution in [0.25, 0.3) is 0 Å². The maximum Gasteiger partial charge on any atom is 0.410 e. The van der Waals surface area contributed by atoms with E-state index in [1.165, 1.54) is 23.8 Å². The molecule has 7 amide bonds. The number of likely N-dealkylation sites (tertiary alicyclic amines) is 1. The number of aliphatic hydroxyl groups excluding tert-OH is 2. The predicted octanol–water partition coefficient (Wildman–Crippen LogP) is 3.05. The average Bonchev–Trinajstić information content (AvgIpc) is 3.83. The Kier molecular flexibility index (Phi) is 19.3. The highest BCUT2D eigenvalue weighted by Gasteiger charge is 2.58. The van der Waals surface area contributed by atoms with Crippen LogP contribution in [0.5, 0.6) is 0 Å². The van der Waals surface area contributed by atoms with Gasteiger partial charge in [-0.3, -0.25) is 19.3 Å². The minimum Gasteiger partial charge on any atom is -0.491 e. The quantitative estimate of drug-likeness (QED) is 0.0754. The lowest BCUT2D eigenvalue weighted by Gasteiger charge is -2.52. The van der Waals surface area contributed by atoms with E-state index in [1.54, 1.807) is 113 Å². The molecule has 25 heteroatoms. The van der Waals surface area contributed by atoms with Crippen LogP contribution in [0.1, 0.15) is 136 Å². The highest BCUT2D eigenvalue weighted by atomic mass is 16.7. The van der Waals surface area contributed by atoms with Crippen LogP contribution in [0, 0.1) is 5.92 Å². The van der Waals surface area contributed by atoms with Crippen molar-refractivity contribution in [3.8, 4) is 0 Å². The third-order valence-electron chi connectivity index (χ3n) is 13.9. The lowest BCUT2D eigenvalue weighted by molar-refractivity contribution is -0.306. The Bertz CT molecular complexity index is 2450. The zero-order valence-electron chi connectivity index (χ0n) is 48.6. The number of ether oxygens (including phenoxy) is 7. The van der Waals surface area contributed by atoms with Gasteiger partial charge >= 0.3 is 24.4 Å². The number of nitrogens with one attached hydrogen (secondary N) is 4. The number of nitrogens with zero attached hydrogens (tertiary/aromatic N) is 3. The number of imide groups is 1. The molecular weight excluding hydrogens is 1050 g/mol. The molecule has 1 aromatic carbocycles. The minimum absolute atomic E-state index is 0.0616. The first-order valence-corrected chi connectivity index (χ1v) is 27.2. The maximum atomic E-state index is 14.6. The predicted molar refractivity (Wildman–Crippen MR) is 286 cm³/mol. The normalized spacial score (nSPS) is 30.1. The fourth-order valence-electron chi connectivity index (χ4n) is 10.5. The Morgan fingerprint density at radius 1 is 0.775 bits per heavy atom. The van der Waals surface area contributed by atoms with Crippen molar-refractivity contribution in [3.63, 3.8) is 0 Å². The monoisotopic (exact) mass is 1130 g/mol. The van der Waals surface area contributed by atoms with Gasteiger partial charge in [-0.05, 0) is 134 Å². The van der Waals surface area contributed by atoms with Crippen molar-refractivity contribution in [2.45, 2.75) is 204 Å². The first kappa shape index (κ1) is 63.4. The molecule has 0 aromatic heterocycles. The van der Waals surface area contributed by atoms with Gasteiger partial charge < -0.3 is 84.7 Å². The molecule has 2 saturated heterocycles. The number of rotatable bonds is 14. The molecule has 4 aliphatic heterocycles. The van der Waals surface area contributed by atoms with Crippen molar-refractivity contribution in [1.29, 1.82) is 0 Å². The smallest absolute Gasteiger partial charge is 0.410 e. The number of amides is 7. The van der Waals surface area contributed by atoms with E-state index in [9.17, 15) is 54.0 Å². The summed E-state index contributed by atoms with van der Waals surface area (Å²) in [5.41, 5.74) is -7.27. The highest BCUT2D eigenvalue weighted by Crippen LogP contribution is 2.40. The number of hydrogen-bond acceptors (Lipinski definition) is 19. The van der Waals surface area contributed by atoms with Crippen LogP contribution in [-0.4, -0.2) is 212 Å². The van der Waals surface area contributed by atoms with E-state index >= 15 is 0 Å². The van der Waals surface area contributed by atoms with Gasteiger partial charge in [0.05, 0.1) is 55.1 Å². The van der Waals surface area contributed by atoms with Gasteiger partial charge in [0, 0.05) is 38.5 Å². The third kappa shape index (κ3) is 16.0. The van der Waals surface area contributed by atoms with Gasteiger partial charge in [0.15, 0.2) is 11.9 Å². The molecule has 0 radical (unpaired) electrons. The number of alkyl carbamates (subject to hydrolysis) is 2. The van der Waals surface area contributed by atoms with Gasteiger partial charge in [-0.25, -0.2) is 19.2 Å². The largest absolute Gasteiger partial charge is 0.491 e. The summed E-state index contributed by atoms with van der Waals surface area (Å²) in [6, 6.07) is 1.56. The first-order chi connectivity index (χ1) is 36.9. The van der Waals surface area contributed by atoms with E-state index in [0.29, 0.717) is 29.9 Å². The van der Waals surface area contributed by atoms with E-state index in [2.05, 4.69) is 21.3 Å². The summed E-state index contributed by atoms with van der Waals surface area (Å²) in [5.74, 6) is -2.72. The van der Waals surface area contributed by atoms with Gasteiger partial charge in [-0.2, -0.15) is 0 Å². The molecule has 0 bridgehead atoms. The van der Waals surface area contributed by atoms with Gasteiger partial charge in [0.1, 0.15) is 52.1 Å². The minimum atomic E-state index is -2.20. The fourth-order valence-corrected chi connectivity index (χ4v) is 10.5. The van der Waals surface area contributed by atoms with E-state index in [4.69, 9.17) is 33.2 Å². The molecule has 8 N–H and O–H groups in total. The lowest BCUT2D eigenvalue weighted by Crippen LogP contribution is -2.71. The van der Waals surface area contributed by atoms with E-state index < -0.39 is 138 Å². The highest BCUT2D eigenvalue weighted by molar-refractivity contribution is 6.21. The van der Waals surface area contributed by atoms with Gasteiger partial charge in [-0.15, -0.1) is 0 Å². The Balaban J connectivity index is 1.35. The van der Waals surface area contributed by atoms with E-state index in [-0.39, 0.29) is 50.7 Å². The molecule has 0 spiro atoms. The van der Waals surface area contributed by atoms with Crippen molar-refractivity contribution in [3.05, 3.63) is 47.2 Å². The summed E-state index contributed by atoms with van der Waals surface area (Å²) in [6.07, 6.45) is -10.2. The van der Waals surface area contributed by atoms with Crippen LogP contribution < -0.4 is 21.3 Å². The van der Waals surface area contributed by atoms with Gasteiger partial charge in [-0.1, -0.05) is 12.1 Å². The third-order valence-corrected chi connectivity index (χ3v) is 13.9. The first-order valence-electron chi connectivity index (χ1n) is 27.2. The average molecular weight is 1130 g/mol. The molecule has 1 aromatic rings. The molecule has 448 valence electrons. The van der Waals surface area contributed by atoms with Crippen LogP contribution in [0.2, 0.25) is 0 Å². The summed E-state index contributed by atoms with van der Waals surface area (Å²) in [5, 5.41) is 60.6. The van der Waals surface area contributed by atoms with E-state index in [0.717, 1.165) is 4.90 Å². The molecule has 1 saturated carbocycles. The summed E-state index contributed by atoms with van der Waals surface area (Å²) >= 11 is 0. The molecule has 80 heavy (non-hydrogen) atoms. The number of hydrogen-bond donors (Lipinski definition) is 8. The molecule has 2 unspecified atom stereocenters. The number of benzene rings is 1. The summed E-state index contributed by atoms with van der Waals surface area (Å²) in [7, 11) is 1.32. The maximum absolute atomic E-state index is 14.6. The molecule has 5 aliphatic rings. The molecule has 25 nitrogen and oxygen atoms in total. The number of likely N-dealkylation sites (N-methyl/N-ethyl adjacent to an activating group) is 1. The second kappa shape index (κ2) is 24.3. The Morgan fingerprint density at radius 3 is 1.90 bits per heavy atom. The van der Waals surface area contributed by atoms with E-state index in [1.807, 2.05) is 0 Å². The molecule has 3 fully saturated rings.